The number of aromatic nitrogens is 1. The summed E-state index contributed by atoms with van der Waals surface area (Å²) in [5.74, 6) is 0.0472. The van der Waals surface area contributed by atoms with Crippen LogP contribution in [-0.2, 0) is 0 Å². The van der Waals surface area contributed by atoms with E-state index in [1.165, 1.54) is 11.0 Å². The van der Waals surface area contributed by atoms with E-state index in [1.807, 2.05) is 0 Å². The highest BCUT2D eigenvalue weighted by Crippen LogP contribution is 2.33. The van der Waals surface area contributed by atoms with Crippen molar-refractivity contribution in [1.82, 2.24) is 4.98 Å². The molecule has 2 rings (SSSR count). The molecular weight excluding hydrogens is 273 g/mol. The van der Waals surface area contributed by atoms with Gasteiger partial charge in [0.1, 0.15) is 12.4 Å². The van der Waals surface area contributed by atoms with Gasteiger partial charge in [-0.2, -0.15) is 13.2 Å². The number of pyridine rings is 1. The fourth-order valence-corrected chi connectivity index (χ4v) is 1.98. The first-order valence-corrected chi connectivity index (χ1v) is 6.10. The van der Waals surface area contributed by atoms with Crippen molar-refractivity contribution in [2.45, 2.75) is 32.0 Å². The molecule has 1 aliphatic rings. The number of alkyl halides is 3. The monoisotopic (exact) mass is 288 g/mol. The molecule has 0 amide bonds. The lowest BCUT2D eigenvalue weighted by Crippen LogP contribution is -2.36. The van der Waals surface area contributed by atoms with Gasteiger partial charge in [0, 0.05) is 17.3 Å². The molecule has 1 aromatic rings. The maximum atomic E-state index is 12.6. The first-order valence-electron chi connectivity index (χ1n) is 6.10. The van der Waals surface area contributed by atoms with Crippen LogP contribution in [-0.4, -0.2) is 34.8 Å². The quantitative estimate of drug-likeness (QED) is 0.385. The van der Waals surface area contributed by atoms with Crippen LogP contribution in [0.25, 0.3) is 0 Å². The maximum Gasteiger partial charge on any atom is 0.405 e. The molecule has 0 radical (unpaired) electrons. The molecule has 1 heterocycles. The summed E-state index contributed by atoms with van der Waals surface area (Å²) in [7, 11) is 0. The van der Waals surface area contributed by atoms with Gasteiger partial charge in [0.05, 0.1) is 0 Å². The standard InChI is InChI=1S/C12H15F3N4O/c1-7-4-8(11(16)18-20)5-10(17-7)19(9-2-3-9)6-12(13,14)15/h4-5,9,20H,2-3,6H2,1H3,(H2,16,18). The molecule has 0 bridgehead atoms. The summed E-state index contributed by atoms with van der Waals surface area (Å²) in [6, 6.07) is 2.81. The highest BCUT2D eigenvalue weighted by atomic mass is 19.4. The van der Waals surface area contributed by atoms with Gasteiger partial charge in [-0.05, 0) is 31.9 Å². The van der Waals surface area contributed by atoms with Crippen LogP contribution in [0.3, 0.4) is 0 Å². The molecule has 1 aliphatic carbocycles. The van der Waals surface area contributed by atoms with Gasteiger partial charge in [0.2, 0.25) is 0 Å². The van der Waals surface area contributed by atoms with Gasteiger partial charge in [-0.3, -0.25) is 0 Å². The zero-order valence-corrected chi connectivity index (χ0v) is 10.9. The number of anilines is 1. The molecule has 0 unspecified atom stereocenters. The number of nitrogens with two attached hydrogens (primary N) is 1. The summed E-state index contributed by atoms with van der Waals surface area (Å²) in [5, 5.41) is 11.5. The van der Waals surface area contributed by atoms with Gasteiger partial charge in [0.25, 0.3) is 0 Å². The van der Waals surface area contributed by atoms with Gasteiger partial charge in [-0.15, -0.1) is 0 Å². The van der Waals surface area contributed by atoms with Gasteiger partial charge >= 0.3 is 6.18 Å². The molecule has 1 fully saturated rings. The highest BCUT2D eigenvalue weighted by molar-refractivity contribution is 5.97. The summed E-state index contributed by atoms with van der Waals surface area (Å²) >= 11 is 0. The molecular formula is C12H15F3N4O. The minimum absolute atomic E-state index is 0.147. The lowest BCUT2D eigenvalue weighted by molar-refractivity contribution is -0.120. The first kappa shape index (κ1) is 14.4. The number of amidine groups is 1. The Balaban J connectivity index is 2.35. The zero-order chi connectivity index (χ0) is 14.9. The molecule has 3 N–H and O–H groups in total. The number of hydrogen-bond donors (Lipinski definition) is 2. The van der Waals surface area contributed by atoms with Crippen molar-refractivity contribution in [1.29, 1.82) is 0 Å². The van der Waals surface area contributed by atoms with Crippen molar-refractivity contribution in [3.05, 3.63) is 23.4 Å². The number of aryl methyl sites for hydroxylation is 1. The van der Waals surface area contributed by atoms with Gasteiger partial charge in [-0.1, -0.05) is 5.16 Å². The van der Waals surface area contributed by atoms with Crippen molar-refractivity contribution in [2.75, 3.05) is 11.4 Å². The minimum Gasteiger partial charge on any atom is -0.409 e. The number of nitrogens with zero attached hydrogens (tertiary/aromatic N) is 3. The van der Waals surface area contributed by atoms with Crippen LogP contribution in [0.2, 0.25) is 0 Å². The summed E-state index contributed by atoms with van der Waals surface area (Å²) in [6.45, 7) is 0.597. The third kappa shape index (κ3) is 3.52. The molecule has 1 saturated carbocycles. The van der Waals surface area contributed by atoms with Gasteiger partial charge in [-0.25, -0.2) is 4.98 Å². The Kier molecular flexibility index (Phi) is 3.74. The third-order valence-corrected chi connectivity index (χ3v) is 2.97. The number of hydrogen-bond acceptors (Lipinski definition) is 4. The van der Waals surface area contributed by atoms with E-state index in [-0.39, 0.29) is 17.7 Å². The Morgan fingerprint density at radius 2 is 2.15 bits per heavy atom. The lowest BCUT2D eigenvalue weighted by Gasteiger charge is -2.25. The van der Waals surface area contributed by atoms with E-state index in [2.05, 4.69) is 10.1 Å². The molecule has 0 aliphatic heterocycles. The van der Waals surface area contributed by atoms with Crippen LogP contribution in [0.1, 0.15) is 24.1 Å². The van der Waals surface area contributed by atoms with E-state index in [4.69, 9.17) is 10.9 Å². The summed E-state index contributed by atoms with van der Waals surface area (Å²) in [4.78, 5) is 5.35. The smallest absolute Gasteiger partial charge is 0.405 e. The minimum atomic E-state index is -4.30. The number of oxime groups is 1. The summed E-state index contributed by atoms with van der Waals surface area (Å²) < 4.78 is 37.9. The van der Waals surface area contributed by atoms with Crippen LogP contribution in [0.15, 0.2) is 17.3 Å². The van der Waals surface area contributed by atoms with Crippen molar-refractivity contribution >= 4 is 11.7 Å². The van der Waals surface area contributed by atoms with E-state index in [0.717, 1.165) is 0 Å². The predicted molar refractivity (Wildman–Crippen MR) is 67.9 cm³/mol. The van der Waals surface area contributed by atoms with Crippen LogP contribution in [0.4, 0.5) is 19.0 Å². The molecule has 0 spiro atoms. The molecule has 110 valence electrons. The van der Waals surface area contributed by atoms with E-state index >= 15 is 0 Å². The van der Waals surface area contributed by atoms with Crippen molar-refractivity contribution in [3.63, 3.8) is 0 Å². The molecule has 5 nitrogen and oxygen atoms in total. The molecule has 20 heavy (non-hydrogen) atoms. The molecule has 0 saturated heterocycles. The highest BCUT2D eigenvalue weighted by Gasteiger charge is 2.39. The number of rotatable bonds is 4. The van der Waals surface area contributed by atoms with Crippen LogP contribution < -0.4 is 10.6 Å². The zero-order valence-electron chi connectivity index (χ0n) is 10.9. The molecule has 1 aromatic heterocycles. The van der Waals surface area contributed by atoms with E-state index < -0.39 is 12.7 Å². The van der Waals surface area contributed by atoms with E-state index in [9.17, 15) is 13.2 Å². The molecule has 0 aromatic carbocycles. The van der Waals surface area contributed by atoms with Gasteiger partial charge in [0.15, 0.2) is 5.84 Å². The normalized spacial score (nSPS) is 16.3. The van der Waals surface area contributed by atoms with Gasteiger partial charge < -0.3 is 15.8 Å². The average molecular weight is 288 g/mol. The third-order valence-electron chi connectivity index (χ3n) is 2.97. The fraction of sp³-hybridized carbons (Fsp3) is 0.500. The van der Waals surface area contributed by atoms with Crippen molar-refractivity contribution in [2.24, 2.45) is 10.9 Å². The largest absolute Gasteiger partial charge is 0.409 e. The topological polar surface area (TPSA) is 74.7 Å². The fourth-order valence-electron chi connectivity index (χ4n) is 1.98. The second kappa shape index (κ2) is 5.18. The van der Waals surface area contributed by atoms with E-state index in [1.54, 1.807) is 13.0 Å². The van der Waals surface area contributed by atoms with Crippen molar-refractivity contribution < 1.29 is 18.4 Å². The Morgan fingerprint density at radius 3 is 2.65 bits per heavy atom. The van der Waals surface area contributed by atoms with Crippen LogP contribution in [0, 0.1) is 6.92 Å². The molecule has 0 atom stereocenters. The van der Waals surface area contributed by atoms with Crippen LogP contribution in [0.5, 0.6) is 0 Å². The first-order chi connectivity index (χ1) is 9.30. The Labute approximate surface area is 113 Å². The second-order valence-electron chi connectivity index (χ2n) is 4.81. The SMILES string of the molecule is Cc1cc(/C(N)=N/O)cc(N(CC(F)(F)F)C2CC2)n1. The molecule has 8 heteroatoms. The van der Waals surface area contributed by atoms with E-state index in [0.29, 0.717) is 24.1 Å². The lowest BCUT2D eigenvalue weighted by atomic mass is 10.2. The summed E-state index contributed by atoms with van der Waals surface area (Å²) in [6.07, 6.45) is -2.87. The second-order valence-corrected chi connectivity index (χ2v) is 4.81. The maximum absolute atomic E-state index is 12.6. The van der Waals surface area contributed by atoms with Crippen molar-refractivity contribution in [3.8, 4) is 0 Å². The number of halogens is 3. The Bertz CT molecular complexity index is 526. The Hall–Kier alpha value is -1.99. The van der Waals surface area contributed by atoms with Crippen LogP contribution >= 0.6 is 0 Å². The Morgan fingerprint density at radius 1 is 1.50 bits per heavy atom. The average Bonchev–Trinajstić information content (AvgIpc) is 3.17. The summed E-state index contributed by atoms with van der Waals surface area (Å²) in [5.41, 5.74) is 6.34. The predicted octanol–water partition coefficient (Wildman–Crippen LogP) is 2.02.